The Kier molecular flexibility index (Phi) is 5.48. The Morgan fingerprint density at radius 3 is 2.74 bits per heavy atom. The van der Waals surface area contributed by atoms with Crippen molar-refractivity contribution in [3.63, 3.8) is 0 Å². The Morgan fingerprint density at radius 2 is 2.10 bits per heavy atom. The van der Waals surface area contributed by atoms with Gasteiger partial charge in [-0.05, 0) is 37.8 Å². The second kappa shape index (κ2) is 7.97. The highest BCUT2D eigenvalue weighted by Gasteiger charge is 2.24. The van der Waals surface area contributed by atoms with E-state index >= 15 is 0 Å². The number of pyridine rings is 2. The van der Waals surface area contributed by atoms with Crippen LogP contribution in [0.3, 0.4) is 0 Å². The summed E-state index contributed by atoms with van der Waals surface area (Å²) in [5.41, 5.74) is 6.57. The van der Waals surface area contributed by atoms with Crippen LogP contribution in [-0.4, -0.2) is 36.2 Å². The lowest BCUT2D eigenvalue weighted by Gasteiger charge is -2.14. The van der Waals surface area contributed by atoms with E-state index in [1.807, 2.05) is 0 Å². The number of nitrogens with zero attached hydrogens (tertiary/aromatic N) is 2. The number of ether oxygens (including phenoxy) is 1. The molecule has 3 aromatic heterocycles. The van der Waals surface area contributed by atoms with E-state index in [1.54, 1.807) is 25.4 Å². The van der Waals surface area contributed by atoms with Gasteiger partial charge < -0.3 is 15.0 Å². The third kappa shape index (κ3) is 4.42. The summed E-state index contributed by atoms with van der Waals surface area (Å²) < 4.78 is 34.3. The standard InChI is InChI=1S/C20H22N4O5S2/c1-3-31(27,28)23-12-6-14(19(22-8-12)29-10-11-4-5-11)15-9-24(2)20(26)17-13(15)7-16(30-17)18(21)25/h6-9,11,23H,3-5,10H2,1-2H3,(H2,21,25). The summed E-state index contributed by atoms with van der Waals surface area (Å²) in [5.74, 6) is 0.106. The van der Waals surface area contributed by atoms with Crippen LogP contribution in [0.4, 0.5) is 5.69 Å². The molecule has 11 heteroatoms. The Morgan fingerprint density at radius 1 is 1.35 bits per heavy atom. The van der Waals surface area contributed by atoms with Crippen molar-refractivity contribution in [2.45, 2.75) is 19.8 Å². The molecule has 0 bridgehead atoms. The second-order valence-corrected chi connectivity index (χ2v) is 10.6. The fourth-order valence-corrected chi connectivity index (χ4v) is 4.74. The van der Waals surface area contributed by atoms with Crippen molar-refractivity contribution in [1.29, 1.82) is 0 Å². The number of carbonyl (C=O) groups is 1. The van der Waals surface area contributed by atoms with Crippen LogP contribution in [0.2, 0.25) is 0 Å². The van der Waals surface area contributed by atoms with Crippen molar-refractivity contribution in [2.24, 2.45) is 18.7 Å². The predicted molar refractivity (Wildman–Crippen MR) is 120 cm³/mol. The molecule has 0 spiro atoms. The van der Waals surface area contributed by atoms with Gasteiger partial charge in [-0.3, -0.25) is 14.3 Å². The maximum atomic E-state index is 12.6. The molecular weight excluding hydrogens is 440 g/mol. The zero-order valence-electron chi connectivity index (χ0n) is 17.0. The van der Waals surface area contributed by atoms with Crippen molar-refractivity contribution in [1.82, 2.24) is 9.55 Å². The summed E-state index contributed by atoms with van der Waals surface area (Å²) >= 11 is 1.03. The van der Waals surface area contributed by atoms with Crippen molar-refractivity contribution < 1.29 is 17.9 Å². The van der Waals surface area contributed by atoms with Crippen LogP contribution in [0.15, 0.2) is 29.3 Å². The minimum absolute atomic E-state index is 0.0845. The molecule has 164 valence electrons. The third-order valence-electron chi connectivity index (χ3n) is 5.05. The zero-order chi connectivity index (χ0) is 22.3. The van der Waals surface area contributed by atoms with Crippen LogP contribution in [0.5, 0.6) is 5.88 Å². The van der Waals surface area contributed by atoms with Gasteiger partial charge in [0.15, 0.2) is 0 Å². The normalized spacial score (nSPS) is 14.0. The number of carbonyl (C=O) groups excluding carboxylic acids is 1. The molecule has 1 saturated carbocycles. The summed E-state index contributed by atoms with van der Waals surface area (Å²) in [6.45, 7) is 2.04. The third-order valence-corrected chi connectivity index (χ3v) is 7.49. The fourth-order valence-electron chi connectivity index (χ4n) is 3.12. The van der Waals surface area contributed by atoms with Gasteiger partial charge in [-0.15, -0.1) is 11.3 Å². The topological polar surface area (TPSA) is 133 Å². The van der Waals surface area contributed by atoms with Crippen molar-refractivity contribution in [2.75, 3.05) is 17.1 Å². The second-order valence-electron chi connectivity index (χ2n) is 7.51. The van der Waals surface area contributed by atoms with Gasteiger partial charge in [-0.1, -0.05) is 0 Å². The van der Waals surface area contributed by atoms with Crippen LogP contribution in [-0.2, 0) is 17.1 Å². The number of nitrogens with one attached hydrogen (secondary N) is 1. The number of fused-ring (bicyclic) bond motifs is 1. The summed E-state index contributed by atoms with van der Waals surface area (Å²) in [7, 11) is -1.90. The first-order chi connectivity index (χ1) is 14.7. The van der Waals surface area contributed by atoms with Gasteiger partial charge in [0.25, 0.3) is 11.5 Å². The molecule has 1 amide bonds. The summed E-state index contributed by atoms with van der Waals surface area (Å²) in [5, 5.41) is 0.537. The number of sulfonamides is 1. The van der Waals surface area contributed by atoms with Crippen LogP contribution >= 0.6 is 11.3 Å². The highest BCUT2D eigenvalue weighted by atomic mass is 32.2. The number of thiophene rings is 1. The lowest BCUT2D eigenvalue weighted by molar-refractivity contribution is 0.100. The number of amides is 1. The first-order valence-corrected chi connectivity index (χ1v) is 12.2. The van der Waals surface area contributed by atoms with Gasteiger partial charge in [0.05, 0.1) is 29.1 Å². The fraction of sp³-hybridized carbons (Fsp3) is 0.350. The highest BCUT2D eigenvalue weighted by molar-refractivity contribution is 7.92. The molecule has 1 aliphatic carbocycles. The van der Waals surface area contributed by atoms with Crippen LogP contribution in [0.25, 0.3) is 21.2 Å². The average Bonchev–Trinajstić information content (AvgIpc) is 3.44. The van der Waals surface area contributed by atoms with Crippen molar-refractivity contribution in [3.05, 3.63) is 39.8 Å². The minimum Gasteiger partial charge on any atom is -0.477 e. The summed E-state index contributed by atoms with van der Waals surface area (Å²) in [6.07, 6.45) is 5.22. The Hall–Kier alpha value is -2.92. The average molecular weight is 463 g/mol. The molecule has 1 aliphatic rings. The van der Waals surface area contributed by atoms with Crippen molar-refractivity contribution >= 4 is 43.0 Å². The van der Waals surface area contributed by atoms with E-state index in [4.69, 9.17) is 10.5 Å². The monoisotopic (exact) mass is 462 g/mol. The number of nitrogens with two attached hydrogens (primary N) is 1. The van der Waals surface area contributed by atoms with Crippen LogP contribution < -0.4 is 20.8 Å². The molecule has 1 fully saturated rings. The maximum Gasteiger partial charge on any atom is 0.268 e. The molecule has 3 N–H and O–H groups in total. The molecule has 0 atom stereocenters. The van der Waals surface area contributed by atoms with Crippen LogP contribution in [0, 0.1) is 5.92 Å². The molecule has 31 heavy (non-hydrogen) atoms. The highest BCUT2D eigenvalue weighted by Crippen LogP contribution is 2.38. The molecule has 3 aromatic rings. The number of primary amides is 1. The lowest BCUT2D eigenvalue weighted by atomic mass is 10.0. The van der Waals surface area contributed by atoms with Gasteiger partial charge in [0, 0.05) is 29.8 Å². The van der Waals surface area contributed by atoms with Gasteiger partial charge in [0.2, 0.25) is 15.9 Å². The van der Waals surface area contributed by atoms with Gasteiger partial charge in [-0.2, -0.15) is 0 Å². The van der Waals surface area contributed by atoms with E-state index in [0.29, 0.717) is 39.6 Å². The molecular formula is C20H22N4O5S2. The quantitative estimate of drug-likeness (QED) is 0.528. The molecule has 4 rings (SSSR count). The molecule has 0 aliphatic heterocycles. The van der Waals surface area contributed by atoms with Gasteiger partial charge >= 0.3 is 0 Å². The molecule has 3 heterocycles. The molecule has 9 nitrogen and oxygen atoms in total. The number of anilines is 1. The van der Waals surface area contributed by atoms with E-state index in [-0.39, 0.29) is 21.9 Å². The molecule has 0 radical (unpaired) electrons. The van der Waals surface area contributed by atoms with Crippen molar-refractivity contribution in [3.8, 4) is 17.0 Å². The predicted octanol–water partition coefficient (Wildman–Crippen LogP) is 2.31. The van der Waals surface area contributed by atoms with E-state index in [9.17, 15) is 18.0 Å². The molecule has 0 aromatic carbocycles. The first kappa shape index (κ1) is 21.3. The Bertz CT molecular complexity index is 1340. The molecule has 0 saturated heterocycles. The zero-order valence-corrected chi connectivity index (χ0v) is 18.7. The van der Waals surface area contributed by atoms with Crippen LogP contribution in [0.1, 0.15) is 29.4 Å². The molecule has 0 unspecified atom stereocenters. The van der Waals surface area contributed by atoms with E-state index in [0.717, 1.165) is 24.2 Å². The SMILES string of the molecule is CCS(=O)(=O)Nc1cnc(OCC2CC2)c(-c2cn(C)c(=O)c3sc(C(N)=O)cc23)c1. The lowest BCUT2D eigenvalue weighted by Crippen LogP contribution is -2.16. The van der Waals surface area contributed by atoms with E-state index in [2.05, 4.69) is 9.71 Å². The minimum atomic E-state index is -3.51. The van der Waals surface area contributed by atoms with Gasteiger partial charge in [-0.25, -0.2) is 13.4 Å². The summed E-state index contributed by atoms with van der Waals surface area (Å²) in [6, 6.07) is 3.20. The number of hydrogen-bond acceptors (Lipinski definition) is 7. The number of rotatable bonds is 8. The number of aromatic nitrogens is 2. The Balaban J connectivity index is 1.91. The first-order valence-electron chi connectivity index (χ1n) is 9.75. The Labute approximate surface area is 182 Å². The van der Waals surface area contributed by atoms with E-state index < -0.39 is 15.9 Å². The maximum absolute atomic E-state index is 12.6. The van der Waals surface area contributed by atoms with E-state index in [1.165, 1.54) is 17.7 Å². The largest absolute Gasteiger partial charge is 0.477 e. The number of aryl methyl sites for hydroxylation is 1. The number of hydrogen-bond donors (Lipinski definition) is 2. The smallest absolute Gasteiger partial charge is 0.268 e. The summed E-state index contributed by atoms with van der Waals surface area (Å²) in [4.78, 5) is 29.0. The van der Waals surface area contributed by atoms with Gasteiger partial charge in [0.1, 0.15) is 4.70 Å².